The largest absolute Gasteiger partial charge is 0.372 e. The Balaban J connectivity index is 1.56. The Kier molecular flexibility index (Phi) is 5.39. The summed E-state index contributed by atoms with van der Waals surface area (Å²) in [6.45, 7) is 5.49. The Labute approximate surface area is 142 Å². The van der Waals surface area contributed by atoms with Gasteiger partial charge in [0.05, 0.1) is 4.90 Å². The minimum Gasteiger partial charge on any atom is -0.372 e. The van der Waals surface area contributed by atoms with Crippen molar-refractivity contribution in [2.75, 3.05) is 37.6 Å². The van der Waals surface area contributed by atoms with Crippen molar-refractivity contribution in [3.8, 4) is 0 Å². The van der Waals surface area contributed by atoms with Crippen LogP contribution >= 0.6 is 0 Å². The number of anilines is 1. The van der Waals surface area contributed by atoms with Gasteiger partial charge in [0.15, 0.2) is 0 Å². The van der Waals surface area contributed by atoms with Gasteiger partial charge in [-0.05, 0) is 69.0 Å². The monoisotopic (exact) mass is 358 g/mol. The van der Waals surface area contributed by atoms with Crippen molar-refractivity contribution < 1.29 is 17.2 Å². The van der Waals surface area contributed by atoms with E-state index in [4.69, 9.17) is 0 Å². The number of nitrogens with zero attached hydrogens (tertiary/aromatic N) is 2. The second-order valence-corrected chi connectivity index (χ2v) is 8.66. The molecular formula is C17H24F2N2O2S. The molecule has 7 heteroatoms. The van der Waals surface area contributed by atoms with E-state index >= 15 is 0 Å². The summed E-state index contributed by atoms with van der Waals surface area (Å²) in [4.78, 5) is 4.44. The minimum absolute atomic E-state index is 0.315. The Bertz CT molecular complexity index is 635. The van der Waals surface area contributed by atoms with Crippen LogP contribution in [-0.4, -0.2) is 51.8 Å². The van der Waals surface area contributed by atoms with Crippen molar-refractivity contribution >= 4 is 15.5 Å². The summed E-state index contributed by atoms with van der Waals surface area (Å²) in [6, 6.07) is 5.84. The van der Waals surface area contributed by atoms with Crippen LogP contribution in [0.3, 0.4) is 0 Å². The number of halogens is 2. The molecule has 2 fully saturated rings. The van der Waals surface area contributed by atoms with E-state index in [-0.39, 0.29) is 4.90 Å². The first-order chi connectivity index (χ1) is 11.5. The third-order valence-corrected chi connectivity index (χ3v) is 6.49. The number of alkyl halides is 2. The Morgan fingerprint density at radius 3 is 2.12 bits per heavy atom. The molecule has 2 aliphatic rings. The predicted octanol–water partition coefficient (Wildman–Crippen LogP) is 3.00. The summed E-state index contributed by atoms with van der Waals surface area (Å²) in [7, 11) is -4.50. The quantitative estimate of drug-likeness (QED) is 0.811. The number of sulfone groups is 1. The van der Waals surface area contributed by atoms with E-state index in [9.17, 15) is 17.2 Å². The molecule has 3 rings (SSSR count). The number of hydrogen-bond acceptors (Lipinski definition) is 4. The normalized spacial score (nSPS) is 20.9. The van der Waals surface area contributed by atoms with Gasteiger partial charge in [-0.3, -0.25) is 0 Å². The lowest BCUT2D eigenvalue weighted by Gasteiger charge is -2.35. The molecule has 0 atom stereocenters. The fourth-order valence-corrected chi connectivity index (χ4v) is 4.37. The molecule has 4 nitrogen and oxygen atoms in total. The van der Waals surface area contributed by atoms with Crippen molar-refractivity contribution in [3.05, 3.63) is 24.3 Å². The topological polar surface area (TPSA) is 40.6 Å². The third-order valence-electron chi connectivity index (χ3n) is 5.09. The average Bonchev–Trinajstić information content (AvgIpc) is 3.08. The fourth-order valence-electron chi connectivity index (χ4n) is 3.65. The molecule has 24 heavy (non-hydrogen) atoms. The van der Waals surface area contributed by atoms with E-state index in [2.05, 4.69) is 9.80 Å². The first-order valence-electron chi connectivity index (χ1n) is 8.56. The number of piperidine rings is 1. The van der Waals surface area contributed by atoms with Gasteiger partial charge in [-0.15, -0.1) is 0 Å². The zero-order valence-corrected chi connectivity index (χ0v) is 14.5. The molecule has 0 aliphatic carbocycles. The average molecular weight is 358 g/mol. The molecule has 2 saturated heterocycles. The first-order valence-corrected chi connectivity index (χ1v) is 10.1. The smallest absolute Gasteiger partial charge is 0.341 e. The van der Waals surface area contributed by atoms with Crippen LogP contribution in [0.1, 0.15) is 25.7 Å². The molecule has 0 unspecified atom stereocenters. The van der Waals surface area contributed by atoms with Crippen molar-refractivity contribution in [1.29, 1.82) is 0 Å². The molecule has 2 heterocycles. The number of likely N-dealkylation sites (tertiary alicyclic amines) is 1. The third kappa shape index (κ3) is 3.88. The lowest BCUT2D eigenvalue weighted by atomic mass is 9.96. The molecule has 2 aliphatic heterocycles. The molecule has 0 radical (unpaired) electrons. The fraction of sp³-hybridized carbons (Fsp3) is 0.647. The van der Waals surface area contributed by atoms with E-state index in [0.29, 0.717) is 0 Å². The molecule has 0 spiro atoms. The van der Waals surface area contributed by atoms with Gasteiger partial charge in [0.25, 0.3) is 0 Å². The number of hydrogen-bond donors (Lipinski definition) is 0. The van der Waals surface area contributed by atoms with E-state index in [0.717, 1.165) is 37.5 Å². The van der Waals surface area contributed by atoms with Gasteiger partial charge in [0.1, 0.15) is 0 Å². The summed E-state index contributed by atoms with van der Waals surface area (Å²) >= 11 is 0. The molecule has 1 aromatic rings. The zero-order chi connectivity index (χ0) is 17.2. The first kappa shape index (κ1) is 17.6. The van der Waals surface area contributed by atoms with Crippen molar-refractivity contribution in [2.45, 2.75) is 36.3 Å². The van der Waals surface area contributed by atoms with Gasteiger partial charge in [-0.25, -0.2) is 8.42 Å². The summed E-state index contributed by atoms with van der Waals surface area (Å²) in [6.07, 6.45) is 4.86. The summed E-state index contributed by atoms with van der Waals surface area (Å²) in [5.41, 5.74) is 0.905. The van der Waals surface area contributed by atoms with Crippen LogP contribution in [0, 0.1) is 5.92 Å². The second-order valence-electron chi connectivity index (χ2n) is 6.74. The summed E-state index contributed by atoms with van der Waals surface area (Å²) < 4.78 is 48.0. The molecule has 0 saturated carbocycles. The maximum Gasteiger partial charge on any atom is 0.341 e. The molecule has 1 aromatic carbocycles. The van der Waals surface area contributed by atoms with E-state index < -0.39 is 15.6 Å². The maximum absolute atomic E-state index is 12.6. The molecule has 0 aromatic heterocycles. The van der Waals surface area contributed by atoms with Crippen LogP contribution in [0.25, 0.3) is 0 Å². The van der Waals surface area contributed by atoms with Crippen molar-refractivity contribution in [3.63, 3.8) is 0 Å². The number of rotatable bonds is 5. The molecule has 134 valence electrons. The van der Waals surface area contributed by atoms with Gasteiger partial charge in [0, 0.05) is 25.3 Å². The van der Waals surface area contributed by atoms with Crippen LogP contribution in [0.15, 0.2) is 29.2 Å². The molecule has 0 amide bonds. The van der Waals surface area contributed by atoms with Crippen molar-refractivity contribution in [1.82, 2.24) is 4.90 Å². The van der Waals surface area contributed by atoms with Crippen LogP contribution in [-0.2, 0) is 9.84 Å². The van der Waals surface area contributed by atoms with Crippen LogP contribution < -0.4 is 4.90 Å². The molecular weight excluding hydrogens is 334 g/mol. The highest BCUT2D eigenvalue weighted by Gasteiger charge is 2.27. The van der Waals surface area contributed by atoms with Crippen LogP contribution in [0.4, 0.5) is 14.5 Å². The van der Waals surface area contributed by atoms with Gasteiger partial charge in [-0.1, -0.05) is 0 Å². The molecule has 0 bridgehead atoms. The SMILES string of the molecule is O=S(=O)(c1ccc(N2CCC(CN3CCCC3)CC2)cc1)C(F)F. The highest BCUT2D eigenvalue weighted by atomic mass is 32.2. The zero-order valence-electron chi connectivity index (χ0n) is 13.7. The number of benzene rings is 1. The van der Waals surface area contributed by atoms with E-state index in [1.807, 2.05) is 0 Å². The van der Waals surface area contributed by atoms with Crippen LogP contribution in [0.5, 0.6) is 0 Å². The standard InChI is InChI=1S/C17H24F2N2O2S/c18-17(19)24(22,23)16-5-3-15(4-6-16)21-11-7-14(8-12-21)13-20-9-1-2-10-20/h3-6,14,17H,1-2,7-13H2. The highest BCUT2D eigenvalue weighted by molar-refractivity contribution is 7.91. The maximum atomic E-state index is 12.6. The lowest BCUT2D eigenvalue weighted by Crippen LogP contribution is -2.38. The highest BCUT2D eigenvalue weighted by Crippen LogP contribution is 2.27. The van der Waals surface area contributed by atoms with Gasteiger partial charge in [0.2, 0.25) is 9.84 Å². The second kappa shape index (κ2) is 7.35. The Morgan fingerprint density at radius 1 is 1.00 bits per heavy atom. The Morgan fingerprint density at radius 2 is 1.58 bits per heavy atom. The minimum atomic E-state index is -4.50. The van der Waals surface area contributed by atoms with Crippen molar-refractivity contribution in [2.24, 2.45) is 5.92 Å². The van der Waals surface area contributed by atoms with Gasteiger partial charge in [-0.2, -0.15) is 8.78 Å². The van der Waals surface area contributed by atoms with Gasteiger partial charge >= 0.3 is 5.76 Å². The Hall–Kier alpha value is -1.21. The molecule has 0 N–H and O–H groups in total. The predicted molar refractivity (Wildman–Crippen MR) is 90.2 cm³/mol. The van der Waals surface area contributed by atoms with Gasteiger partial charge < -0.3 is 9.80 Å². The summed E-state index contributed by atoms with van der Waals surface area (Å²) in [5, 5.41) is 0. The van der Waals surface area contributed by atoms with E-state index in [1.165, 1.54) is 44.6 Å². The van der Waals surface area contributed by atoms with E-state index in [1.54, 1.807) is 12.1 Å². The van der Waals surface area contributed by atoms with Crippen LogP contribution in [0.2, 0.25) is 0 Å². The summed E-state index contributed by atoms with van der Waals surface area (Å²) in [5.74, 6) is -2.65. The lowest BCUT2D eigenvalue weighted by molar-refractivity contribution is 0.234.